The summed E-state index contributed by atoms with van der Waals surface area (Å²) in [6, 6.07) is 8.16. The fourth-order valence-electron chi connectivity index (χ4n) is 3.89. The Bertz CT molecular complexity index is 1090. The Hall–Kier alpha value is -2.87. The molecule has 0 N–H and O–H groups in total. The number of nitrogens with zero attached hydrogens (tertiary/aromatic N) is 8. The van der Waals surface area contributed by atoms with Gasteiger partial charge in [0.15, 0.2) is 5.82 Å². The van der Waals surface area contributed by atoms with Gasteiger partial charge in [-0.3, -0.25) is 4.42 Å². The molecule has 2 aromatic heterocycles. The van der Waals surface area contributed by atoms with Crippen LogP contribution < -0.4 is 4.90 Å². The molecular weight excluding hydrogens is 364 g/mol. The van der Waals surface area contributed by atoms with Crippen LogP contribution in [0.5, 0.6) is 0 Å². The number of fused-ring (bicyclic) bond motifs is 6. The van der Waals surface area contributed by atoms with Crippen molar-refractivity contribution < 1.29 is 0 Å². The third kappa shape index (κ3) is 2.16. The summed E-state index contributed by atoms with van der Waals surface area (Å²) >= 11 is 6.32. The van der Waals surface area contributed by atoms with Gasteiger partial charge in [0.05, 0.1) is 23.8 Å². The number of halogens is 1. The molecule has 1 aromatic carbocycles. The summed E-state index contributed by atoms with van der Waals surface area (Å²) in [5.74, 6) is 2.34. The SMILES string of the molecule is CC1(Cc2cnnn2-c2nnc3n2C2=CN(Cl)CN2c2ccccc2-3)CC1. The van der Waals surface area contributed by atoms with Crippen molar-refractivity contribution >= 4 is 23.3 Å². The first kappa shape index (κ1) is 15.2. The lowest BCUT2D eigenvalue weighted by Crippen LogP contribution is -2.29. The molecule has 3 aromatic rings. The highest BCUT2D eigenvalue weighted by Gasteiger charge is 2.39. The highest BCUT2D eigenvalue weighted by atomic mass is 35.5. The van der Waals surface area contributed by atoms with Crippen LogP contribution in [-0.4, -0.2) is 40.8 Å². The minimum Gasteiger partial charge on any atom is -0.306 e. The maximum atomic E-state index is 6.32. The number of benzene rings is 1. The van der Waals surface area contributed by atoms with Crippen molar-refractivity contribution in [1.29, 1.82) is 0 Å². The van der Waals surface area contributed by atoms with Crippen molar-refractivity contribution in [3.8, 4) is 17.3 Å². The molecule has 1 saturated carbocycles. The summed E-state index contributed by atoms with van der Waals surface area (Å²) < 4.78 is 5.46. The average molecular weight is 381 g/mol. The first-order chi connectivity index (χ1) is 13.1. The van der Waals surface area contributed by atoms with Crippen LogP contribution in [0.1, 0.15) is 25.5 Å². The third-order valence-electron chi connectivity index (χ3n) is 5.64. The van der Waals surface area contributed by atoms with Crippen LogP contribution in [0, 0.1) is 5.41 Å². The van der Waals surface area contributed by atoms with Gasteiger partial charge < -0.3 is 4.90 Å². The predicted molar refractivity (Wildman–Crippen MR) is 101 cm³/mol. The molecule has 0 amide bonds. The van der Waals surface area contributed by atoms with E-state index in [-0.39, 0.29) is 0 Å². The summed E-state index contributed by atoms with van der Waals surface area (Å²) in [6.07, 6.45) is 7.14. The van der Waals surface area contributed by atoms with Crippen molar-refractivity contribution in [3.63, 3.8) is 0 Å². The van der Waals surface area contributed by atoms with Gasteiger partial charge in [0.2, 0.25) is 0 Å². The molecule has 27 heavy (non-hydrogen) atoms. The van der Waals surface area contributed by atoms with Crippen LogP contribution in [0.3, 0.4) is 0 Å². The topological polar surface area (TPSA) is 67.9 Å². The molecule has 2 aliphatic heterocycles. The normalized spacial score (nSPS) is 18.8. The number of hydrogen-bond acceptors (Lipinski definition) is 6. The average Bonchev–Trinajstić information content (AvgIpc) is 3.05. The molecule has 0 unspecified atom stereocenters. The van der Waals surface area contributed by atoms with E-state index in [9.17, 15) is 0 Å². The zero-order chi connectivity index (χ0) is 18.2. The second-order valence-corrected chi connectivity index (χ2v) is 8.19. The van der Waals surface area contributed by atoms with E-state index in [4.69, 9.17) is 11.8 Å². The van der Waals surface area contributed by atoms with Gasteiger partial charge in [-0.05, 0) is 36.8 Å². The molecule has 4 heterocycles. The van der Waals surface area contributed by atoms with Gasteiger partial charge >= 0.3 is 0 Å². The predicted octanol–water partition coefficient (Wildman–Crippen LogP) is 2.87. The molecule has 0 atom stereocenters. The second-order valence-electron chi connectivity index (χ2n) is 7.76. The van der Waals surface area contributed by atoms with Crippen molar-refractivity contribution in [1.82, 2.24) is 34.2 Å². The molecule has 136 valence electrons. The Kier molecular flexibility index (Phi) is 2.87. The summed E-state index contributed by atoms with van der Waals surface area (Å²) in [5, 5.41) is 17.4. The van der Waals surface area contributed by atoms with E-state index >= 15 is 0 Å². The number of hydrogen-bond donors (Lipinski definition) is 0. The maximum Gasteiger partial charge on any atom is 0.259 e. The van der Waals surface area contributed by atoms with E-state index in [2.05, 4.69) is 44.5 Å². The van der Waals surface area contributed by atoms with Crippen LogP contribution >= 0.6 is 11.8 Å². The summed E-state index contributed by atoms with van der Waals surface area (Å²) in [6.45, 7) is 2.86. The van der Waals surface area contributed by atoms with Crippen LogP contribution in [0.15, 0.2) is 36.7 Å². The first-order valence-corrected chi connectivity index (χ1v) is 9.34. The largest absolute Gasteiger partial charge is 0.306 e. The van der Waals surface area contributed by atoms with E-state index in [1.54, 1.807) is 4.42 Å². The van der Waals surface area contributed by atoms with E-state index in [1.165, 1.54) is 12.8 Å². The lowest BCUT2D eigenvalue weighted by molar-refractivity contribution is 0.543. The Labute approximate surface area is 160 Å². The van der Waals surface area contributed by atoms with Crippen LogP contribution in [-0.2, 0) is 6.42 Å². The molecule has 1 fully saturated rings. The maximum absolute atomic E-state index is 6.32. The minimum atomic E-state index is 0.350. The standard InChI is InChI=1S/C18H17ClN8/c1-18(6-7-18)8-12-9-20-23-27(12)17-22-21-16-13-4-2-3-5-14(13)25-11-24(19)10-15(25)26(16)17/h2-5,9-10H,6-8,11H2,1H3. The van der Waals surface area contributed by atoms with Gasteiger partial charge in [-0.2, -0.15) is 4.68 Å². The van der Waals surface area contributed by atoms with Crippen molar-refractivity contribution in [2.45, 2.75) is 26.2 Å². The Balaban J connectivity index is 1.55. The summed E-state index contributed by atoms with van der Waals surface area (Å²) in [5.41, 5.74) is 3.50. The van der Waals surface area contributed by atoms with E-state index < -0.39 is 0 Å². The van der Waals surface area contributed by atoms with Crippen LogP contribution in [0.2, 0.25) is 0 Å². The van der Waals surface area contributed by atoms with Gasteiger partial charge in [-0.1, -0.05) is 24.3 Å². The van der Waals surface area contributed by atoms with Gasteiger partial charge in [0.1, 0.15) is 12.5 Å². The first-order valence-electron chi connectivity index (χ1n) is 9.00. The van der Waals surface area contributed by atoms with Crippen LogP contribution in [0.25, 0.3) is 23.2 Å². The van der Waals surface area contributed by atoms with Gasteiger partial charge in [0, 0.05) is 17.3 Å². The Morgan fingerprint density at radius 1 is 1.19 bits per heavy atom. The molecule has 0 saturated heterocycles. The molecule has 3 aliphatic rings. The fraction of sp³-hybridized carbons (Fsp3) is 0.333. The second kappa shape index (κ2) is 5.10. The lowest BCUT2D eigenvalue weighted by Gasteiger charge is -2.30. The van der Waals surface area contributed by atoms with Crippen molar-refractivity contribution in [2.24, 2.45) is 5.41 Å². The number of rotatable bonds is 3. The van der Waals surface area contributed by atoms with Crippen molar-refractivity contribution in [3.05, 3.63) is 42.4 Å². The van der Waals surface area contributed by atoms with Gasteiger partial charge in [-0.15, -0.1) is 15.3 Å². The Morgan fingerprint density at radius 3 is 2.89 bits per heavy atom. The van der Waals surface area contributed by atoms with Crippen molar-refractivity contribution in [2.75, 3.05) is 11.6 Å². The zero-order valence-electron chi connectivity index (χ0n) is 14.7. The molecule has 9 heteroatoms. The zero-order valence-corrected chi connectivity index (χ0v) is 15.5. The molecular formula is C18H17ClN8. The van der Waals surface area contributed by atoms with Crippen LogP contribution in [0.4, 0.5) is 5.69 Å². The highest BCUT2D eigenvalue weighted by molar-refractivity contribution is 6.15. The highest BCUT2D eigenvalue weighted by Crippen LogP contribution is 2.48. The minimum absolute atomic E-state index is 0.350. The number of aromatic nitrogens is 6. The molecule has 1 aliphatic carbocycles. The molecule has 0 spiro atoms. The Morgan fingerprint density at radius 2 is 2.04 bits per heavy atom. The van der Waals surface area contributed by atoms with E-state index in [0.29, 0.717) is 18.0 Å². The summed E-state index contributed by atoms with van der Waals surface area (Å²) in [4.78, 5) is 2.15. The van der Waals surface area contributed by atoms with E-state index in [1.807, 2.05) is 33.8 Å². The number of para-hydroxylation sites is 1. The quantitative estimate of drug-likeness (QED) is 0.651. The smallest absolute Gasteiger partial charge is 0.259 e. The third-order valence-corrected chi connectivity index (χ3v) is 5.84. The van der Waals surface area contributed by atoms with Gasteiger partial charge in [0.25, 0.3) is 5.95 Å². The number of anilines is 1. The fourth-order valence-corrected chi connectivity index (χ4v) is 4.08. The monoisotopic (exact) mass is 380 g/mol. The molecule has 6 rings (SSSR count). The molecule has 0 radical (unpaired) electrons. The lowest BCUT2D eigenvalue weighted by atomic mass is 10.0. The van der Waals surface area contributed by atoms with Gasteiger partial charge in [-0.25, -0.2) is 4.57 Å². The summed E-state index contributed by atoms with van der Waals surface area (Å²) in [7, 11) is 0. The van der Waals surface area contributed by atoms with E-state index in [0.717, 1.165) is 35.0 Å². The molecule has 0 bridgehead atoms. The molecule has 8 nitrogen and oxygen atoms in total.